The molecule has 0 radical (unpaired) electrons. The van der Waals surface area contributed by atoms with Gasteiger partial charge in [0.2, 0.25) is 0 Å². The van der Waals surface area contributed by atoms with Crippen LogP contribution in [-0.4, -0.2) is 18.2 Å². The normalized spacial score (nSPS) is 19.9. The number of carboxylic acids is 1. The smallest absolute Gasteiger partial charge is 0.336 e. The van der Waals surface area contributed by atoms with Crippen LogP contribution in [0.15, 0.2) is 59.1 Å². The fourth-order valence-electron chi connectivity index (χ4n) is 5.22. The SMILES string of the molecule is COc1cc([C@@H]2Nc3c(C)ccc(C(=O)O)c3[C@H]3C=CC[C@@H]32)cc(Br)c1OCc1ccc(Cl)cc1Cl. The van der Waals surface area contributed by atoms with E-state index in [4.69, 9.17) is 32.7 Å². The van der Waals surface area contributed by atoms with Crippen LogP contribution in [-0.2, 0) is 6.61 Å². The van der Waals surface area contributed by atoms with Gasteiger partial charge in [-0.05, 0) is 82.2 Å². The molecule has 0 fully saturated rings. The minimum absolute atomic E-state index is 0.0185. The average molecular weight is 589 g/mol. The predicted octanol–water partition coefficient (Wildman–Crippen LogP) is 8.18. The molecule has 5 nitrogen and oxygen atoms in total. The maximum Gasteiger partial charge on any atom is 0.336 e. The van der Waals surface area contributed by atoms with E-state index in [9.17, 15) is 9.90 Å². The first kappa shape index (κ1) is 25.0. The number of aryl methyl sites for hydroxylation is 1. The molecular formula is C28H24BrCl2NO4. The average Bonchev–Trinajstić information content (AvgIpc) is 3.33. The van der Waals surface area contributed by atoms with Crippen molar-refractivity contribution in [2.24, 2.45) is 5.92 Å². The van der Waals surface area contributed by atoms with Gasteiger partial charge in [0.15, 0.2) is 11.5 Å². The van der Waals surface area contributed by atoms with Crippen LogP contribution in [0.5, 0.6) is 11.5 Å². The number of fused-ring (bicyclic) bond motifs is 3. The van der Waals surface area contributed by atoms with Gasteiger partial charge < -0.3 is 19.9 Å². The summed E-state index contributed by atoms with van der Waals surface area (Å²) in [6.07, 6.45) is 5.14. The molecule has 3 aromatic rings. The van der Waals surface area contributed by atoms with Gasteiger partial charge in [-0.15, -0.1) is 0 Å². The van der Waals surface area contributed by atoms with Crippen LogP contribution in [0.1, 0.15) is 51.0 Å². The minimum Gasteiger partial charge on any atom is -0.493 e. The number of hydrogen-bond acceptors (Lipinski definition) is 4. The monoisotopic (exact) mass is 587 g/mol. The summed E-state index contributed by atoms with van der Waals surface area (Å²) in [5.41, 5.74) is 4.97. The quantitative estimate of drug-likeness (QED) is 0.284. The van der Waals surface area contributed by atoms with Gasteiger partial charge in [0.05, 0.1) is 23.2 Å². The zero-order valence-corrected chi connectivity index (χ0v) is 22.7. The second-order valence-electron chi connectivity index (χ2n) is 9.06. The molecule has 5 rings (SSSR count). The summed E-state index contributed by atoms with van der Waals surface area (Å²) < 4.78 is 12.6. The Morgan fingerprint density at radius 2 is 2.00 bits per heavy atom. The summed E-state index contributed by atoms with van der Waals surface area (Å²) in [4.78, 5) is 12.0. The highest BCUT2D eigenvalue weighted by atomic mass is 79.9. The van der Waals surface area contributed by atoms with Crippen LogP contribution in [0.2, 0.25) is 10.0 Å². The number of halogens is 3. The minimum atomic E-state index is -0.905. The number of anilines is 1. The summed E-state index contributed by atoms with van der Waals surface area (Å²) in [6.45, 7) is 2.26. The van der Waals surface area contributed by atoms with Crippen LogP contribution in [0.25, 0.3) is 0 Å². The molecule has 0 saturated carbocycles. The number of ether oxygens (including phenoxy) is 2. The van der Waals surface area contributed by atoms with Gasteiger partial charge in [-0.25, -0.2) is 4.79 Å². The van der Waals surface area contributed by atoms with Crippen molar-refractivity contribution in [3.05, 3.63) is 97.0 Å². The first-order chi connectivity index (χ1) is 17.3. The molecule has 0 bridgehead atoms. The number of carbonyl (C=O) groups is 1. The third-order valence-corrected chi connectivity index (χ3v) is 8.13. The van der Waals surface area contributed by atoms with E-state index < -0.39 is 5.97 Å². The number of rotatable bonds is 6. The molecule has 0 spiro atoms. The molecule has 1 aliphatic heterocycles. The molecule has 2 aliphatic rings. The van der Waals surface area contributed by atoms with E-state index in [0.29, 0.717) is 27.1 Å². The van der Waals surface area contributed by atoms with Gasteiger partial charge in [0.25, 0.3) is 0 Å². The van der Waals surface area contributed by atoms with Crippen molar-refractivity contribution < 1.29 is 19.4 Å². The van der Waals surface area contributed by atoms with Crippen molar-refractivity contribution in [2.45, 2.75) is 31.9 Å². The summed E-state index contributed by atoms with van der Waals surface area (Å²) in [5, 5.41) is 14.6. The molecule has 0 saturated heterocycles. The van der Waals surface area contributed by atoms with E-state index in [0.717, 1.165) is 38.8 Å². The number of nitrogens with one attached hydrogen (secondary N) is 1. The third-order valence-electron chi connectivity index (χ3n) is 6.96. The van der Waals surface area contributed by atoms with E-state index in [1.165, 1.54) is 0 Å². The van der Waals surface area contributed by atoms with Gasteiger partial charge in [0.1, 0.15) is 6.61 Å². The van der Waals surface area contributed by atoms with E-state index in [1.54, 1.807) is 25.3 Å². The van der Waals surface area contributed by atoms with Crippen molar-refractivity contribution in [3.8, 4) is 11.5 Å². The summed E-state index contributed by atoms with van der Waals surface area (Å²) in [7, 11) is 1.61. The lowest BCUT2D eigenvalue weighted by atomic mass is 9.74. The Bertz CT molecular complexity index is 1390. The lowest BCUT2D eigenvalue weighted by Crippen LogP contribution is -2.31. The van der Waals surface area contributed by atoms with Crippen molar-refractivity contribution in [1.82, 2.24) is 0 Å². The number of allylic oxidation sites excluding steroid dienone is 2. The second-order valence-corrected chi connectivity index (χ2v) is 10.8. The number of benzene rings is 3. The Labute approximate surface area is 228 Å². The predicted molar refractivity (Wildman–Crippen MR) is 146 cm³/mol. The topological polar surface area (TPSA) is 67.8 Å². The maximum absolute atomic E-state index is 12.0. The maximum atomic E-state index is 12.0. The van der Waals surface area contributed by atoms with Crippen LogP contribution >= 0.6 is 39.1 Å². The van der Waals surface area contributed by atoms with Crippen LogP contribution in [0, 0.1) is 12.8 Å². The van der Waals surface area contributed by atoms with Gasteiger partial charge >= 0.3 is 5.97 Å². The number of aromatic carboxylic acids is 1. The number of methoxy groups -OCH3 is 1. The fourth-order valence-corrected chi connectivity index (χ4v) is 6.26. The molecule has 1 aliphatic carbocycles. The fraction of sp³-hybridized carbons (Fsp3) is 0.250. The lowest BCUT2D eigenvalue weighted by Gasteiger charge is -2.39. The Hall–Kier alpha value is -2.67. The highest BCUT2D eigenvalue weighted by Gasteiger charge is 2.41. The Morgan fingerprint density at radius 1 is 1.19 bits per heavy atom. The first-order valence-corrected chi connectivity index (χ1v) is 13.1. The van der Waals surface area contributed by atoms with Gasteiger partial charge in [0, 0.05) is 27.2 Å². The van der Waals surface area contributed by atoms with Gasteiger partial charge in [-0.3, -0.25) is 0 Å². The lowest BCUT2D eigenvalue weighted by molar-refractivity contribution is 0.0695. The molecule has 0 amide bonds. The number of hydrogen-bond donors (Lipinski definition) is 2. The Kier molecular flexibility index (Phi) is 6.95. The second kappa shape index (κ2) is 10.0. The molecule has 3 aromatic carbocycles. The number of carboxylic acid groups (broad SMARTS) is 1. The van der Waals surface area contributed by atoms with Gasteiger partial charge in [-0.2, -0.15) is 0 Å². The van der Waals surface area contributed by atoms with Crippen molar-refractivity contribution in [1.29, 1.82) is 0 Å². The molecule has 0 unspecified atom stereocenters. The molecule has 186 valence electrons. The summed E-state index contributed by atoms with van der Waals surface area (Å²) in [6, 6.07) is 12.9. The molecule has 1 heterocycles. The van der Waals surface area contributed by atoms with E-state index in [-0.39, 0.29) is 24.5 Å². The van der Waals surface area contributed by atoms with Crippen molar-refractivity contribution in [3.63, 3.8) is 0 Å². The van der Waals surface area contributed by atoms with Crippen molar-refractivity contribution >= 4 is 50.8 Å². The summed E-state index contributed by atoms with van der Waals surface area (Å²) in [5.74, 6) is 0.459. The zero-order chi connectivity index (χ0) is 25.6. The Balaban J connectivity index is 1.50. The zero-order valence-electron chi connectivity index (χ0n) is 19.6. The van der Waals surface area contributed by atoms with E-state index >= 15 is 0 Å². The molecule has 3 atom stereocenters. The largest absolute Gasteiger partial charge is 0.493 e. The van der Waals surface area contributed by atoms with E-state index in [2.05, 4.69) is 33.4 Å². The first-order valence-electron chi connectivity index (χ1n) is 11.5. The Morgan fingerprint density at radius 3 is 2.72 bits per heavy atom. The standard InChI is InChI=1S/C28H24BrCl2NO4/c1-14-6-9-20(28(33)34)24-18-4-3-5-19(18)26(32-25(14)24)16-10-21(29)27(23(11-16)35-2)36-13-15-7-8-17(30)12-22(15)31/h3-4,6-12,18-19,26,32H,5,13H2,1-2H3,(H,33,34)/t18-,19-,26-/m0/s1. The van der Waals surface area contributed by atoms with Crippen LogP contribution < -0.4 is 14.8 Å². The molecule has 2 N–H and O–H groups in total. The molecular weight excluding hydrogens is 565 g/mol. The molecule has 8 heteroatoms. The highest BCUT2D eigenvalue weighted by molar-refractivity contribution is 9.10. The van der Waals surface area contributed by atoms with Crippen LogP contribution in [0.4, 0.5) is 5.69 Å². The van der Waals surface area contributed by atoms with Gasteiger partial charge in [-0.1, -0.05) is 47.5 Å². The molecule has 0 aromatic heterocycles. The molecule has 36 heavy (non-hydrogen) atoms. The highest BCUT2D eigenvalue weighted by Crippen LogP contribution is 2.53. The summed E-state index contributed by atoms with van der Waals surface area (Å²) >= 11 is 16.0. The van der Waals surface area contributed by atoms with E-state index in [1.807, 2.05) is 31.2 Å². The third kappa shape index (κ3) is 4.47. The van der Waals surface area contributed by atoms with Crippen molar-refractivity contribution in [2.75, 3.05) is 12.4 Å². The van der Waals surface area contributed by atoms with Crippen LogP contribution in [0.3, 0.4) is 0 Å².